The molecule has 0 aromatic heterocycles. The first kappa shape index (κ1) is 20.2. The van der Waals surface area contributed by atoms with Crippen LogP contribution in [0, 0.1) is 5.92 Å². The summed E-state index contributed by atoms with van der Waals surface area (Å²) in [5.74, 6) is 1.20. The average molecular weight is 404 g/mol. The zero-order valence-electron chi connectivity index (χ0n) is 18.3. The molecule has 1 heterocycles. The van der Waals surface area contributed by atoms with Gasteiger partial charge in [-0.05, 0) is 68.1 Å². The van der Waals surface area contributed by atoms with Crippen LogP contribution >= 0.6 is 0 Å². The fourth-order valence-corrected chi connectivity index (χ4v) is 4.59. The minimum Gasteiger partial charge on any atom is -0.497 e. The molecule has 5 nitrogen and oxygen atoms in total. The van der Waals surface area contributed by atoms with E-state index < -0.39 is 0 Å². The number of hydrogen-bond donors (Lipinski definition) is 0. The lowest BCUT2D eigenvalue weighted by Crippen LogP contribution is -2.28. The number of carbonyl (C=O) groups is 1. The van der Waals surface area contributed by atoms with E-state index in [9.17, 15) is 4.79 Å². The number of allylic oxidation sites excluding steroid dienone is 2. The average Bonchev–Trinajstić information content (AvgIpc) is 3.13. The van der Waals surface area contributed by atoms with Crippen molar-refractivity contribution in [2.75, 3.05) is 26.1 Å². The Morgan fingerprint density at radius 1 is 1.17 bits per heavy atom. The van der Waals surface area contributed by atoms with Gasteiger partial charge in [0.25, 0.3) is 0 Å². The molecule has 1 aliphatic heterocycles. The highest BCUT2D eigenvalue weighted by Crippen LogP contribution is 2.45. The molecule has 1 aliphatic carbocycles. The molecule has 0 saturated heterocycles. The van der Waals surface area contributed by atoms with Crippen molar-refractivity contribution in [3.63, 3.8) is 0 Å². The number of hydrazone groups is 1. The van der Waals surface area contributed by atoms with E-state index in [1.165, 1.54) is 22.4 Å². The topological polar surface area (TPSA) is 45.1 Å². The third-order valence-corrected chi connectivity index (χ3v) is 6.05. The highest BCUT2D eigenvalue weighted by molar-refractivity contribution is 6.06. The minimum atomic E-state index is 0.0365. The van der Waals surface area contributed by atoms with E-state index in [0.717, 1.165) is 30.0 Å². The number of fused-ring (bicyclic) bond motifs is 3. The number of rotatable bonds is 5. The summed E-state index contributed by atoms with van der Waals surface area (Å²) in [6.45, 7) is 3.56. The summed E-state index contributed by atoms with van der Waals surface area (Å²) in [7, 11) is 5.79. The van der Waals surface area contributed by atoms with Crippen molar-refractivity contribution in [3.8, 4) is 5.75 Å². The fraction of sp³-hybridized carbons (Fsp3) is 0.360. The van der Waals surface area contributed by atoms with Crippen molar-refractivity contribution in [2.24, 2.45) is 11.0 Å². The number of carbonyl (C=O) groups excluding carboxylic acids is 1. The van der Waals surface area contributed by atoms with Gasteiger partial charge < -0.3 is 9.64 Å². The molecule has 2 unspecified atom stereocenters. The quantitative estimate of drug-likeness (QED) is 0.686. The molecule has 4 rings (SSSR count). The Morgan fingerprint density at radius 2 is 1.90 bits per heavy atom. The van der Waals surface area contributed by atoms with Gasteiger partial charge in [0.05, 0.1) is 18.9 Å². The number of benzene rings is 2. The Hall–Kier alpha value is -3.08. The lowest BCUT2D eigenvalue weighted by atomic mass is 9.77. The van der Waals surface area contributed by atoms with E-state index >= 15 is 0 Å². The van der Waals surface area contributed by atoms with Crippen LogP contribution in [0.5, 0.6) is 5.75 Å². The van der Waals surface area contributed by atoms with E-state index in [1.54, 1.807) is 20.1 Å². The first-order chi connectivity index (χ1) is 14.4. The van der Waals surface area contributed by atoms with Crippen LogP contribution in [-0.4, -0.2) is 37.7 Å². The fourth-order valence-electron chi connectivity index (χ4n) is 4.59. The van der Waals surface area contributed by atoms with E-state index in [-0.39, 0.29) is 17.7 Å². The van der Waals surface area contributed by atoms with Crippen LogP contribution < -0.4 is 9.64 Å². The summed E-state index contributed by atoms with van der Waals surface area (Å²) >= 11 is 0. The molecule has 30 heavy (non-hydrogen) atoms. The van der Waals surface area contributed by atoms with E-state index in [1.807, 2.05) is 32.1 Å². The molecule has 0 fully saturated rings. The van der Waals surface area contributed by atoms with Crippen LogP contribution in [0.2, 0.25) is 0 Å². The van der Waals surface area contributed by atoms with Crippen molar-refractivity contribution in [1.82, 2.24) is 5.01 Å². The first-order valence-corrected chi connectivity index (χ1v) is 10.4. The number of anilines is 1. The van der Waals surface area contributed by atoms with Gasteiger partial charge >= 0.3 is 0 Å². The monoisotopic (exact) mass is 403 g/mol. The first-order valence-electron chi connectivity index (χ1n) is 10.4. The molecule has 2 atom stereocenters. The molecule has 0 radical (unpaired) electrons. The van der Waals surface area contributed by atoms with Crippen molar-refractivity contribution in [2.45, 2.75) is 32.7 Å². The standard InChI is InChI=1S/C25H29N3O2/c1-16(14-17(2)29)28-25(18-6-9-20(10-7-18)27(3)4)23-12-8-19-15-21(30-5)11-13-22(19)24(23)26-28/h6-7,9-11,13-15,23,25H,8,12H2,1-5H3. The number of nitrogens with zero attached hydrogens (tertiary/aromatic N) is 3. The van der Waals surface area contributed by atoms with Gasteiger partial charge in [0.1, 0.15) is 5.75 Å². The summed E-state index contributed by atoms with van der Waals surface area (Å²) in [6.07, 6.45) is 3.69. The van der Waals surface area contributed by atoms with Gasteiger partial charge in [0, 0.05) is 43.0 Å². The van der Waals surface area contributed by atoms with Gasteiger partial charge in [0.15, 0.2) is 5.78 Å². The van der Waals surface area contributed by atoms with Gasteiger partial charge in [0.2, 0.25) is 0 Å². The second-order valence-electron chi connectivity index (χ2n) is 8.33. The van der Waals surface area contributed by atoms with Crippen LogP contribution in [0.4, 0.5) is 5.69 Å². The third-order valence-electron chi connectivity index (χ3n) is 6.05. The minimum absolute atomic E-state index is 0.0365. The molecule has 0 amide bonds. The zero-order chi connectivity index (χ0) is 21.4. The predicted octanol–water partition coefficient (Wildman–Crippen LogP) is 4.58. The maximum Gasteiger partial charge on any atom is 0.154 e. The van der Waals surface area contributed by atoms with Crippen molar-refractivity contribution >= 4 is 17.2 Å². The second-order valence-corrected chi connectivity index (χ2v) is 8.33. The molecule has 156 valence electrons. The largest absolute Gasteiger partial charge is 0.497 e. The van der Waals surface area contributed by atoms with Gasteiger partial charge in [-0.15, -0.1) is 0 Å². The lowest BCUT2D eigenvalue weighted by molar-refractivity contribution is -0.112. The predicted molar refractivity (Wildman–Crippen MR) is 121 cm³/mol. The Balaban J connectivity index is 1.78. The maximum absolute atomic E-state index is 11.8. The summed E-state index contributed by atoms with van der Waals surface area (Å²) in [6, 6.07) is 15.0. The van der Waals surface area contributed by atoms with E-state index in [2.05, 4.69) is 41.3 Å². The number of ether oxygens (including phenoxy) is 1. The molecule has 2 aromatic carbocycles. The van der Waals surface area contributed by atoms with Crippen LogP contribution in [0.1, 0.15) is 43.0 Å². The smallest absolute Gasteiger partial charge is 0.154 e. The van der Waals surface area contributed by atoms with Crippen LogP contribution in [-0.2, 0) is 11.2 Å². The highest BCUT2D eigenvalue weighted by Gasteiger charge is 2.42. The van der Waals surface area contributed by atoms with Gasteiger partial charge in [-0.1, -0.05) is 12.1 Å². The second kappa shape index (κ2) is 7.98. The van der Waals surface area contributed by atoms with Gasteiger partial charge in [-0.2, -0.15) is 5.10 Å². The van der Waals surface area contributed by atoms with Crippen molar-refractivity contribution in [3.05, 3.63) is 70.9 Å². The summed E-state index contributed by atoms with van der Waals surface area (Å²) < 4.78 is 5.41. The van der Waals surface area contributed by atoms with E-state index in [4.69, 9.17) is 9.84 Å². The molecule has 2 aliphatic rings. The number of aryl methyl sites for hydroxylation is 1. The Labute approximate surface area is 178 Å². The summed E-state index contributed by atoms with van der Waals surface area (Å²) in [5.41, 5.74) is 6.85. The number of ketones is 1. The molecule has 0 N–H and O–H groups in total. The lowest BCUT2D eigenvalue weighted by Gasteiger charge is -2.31. The van der Waals surface area contributed by atoms with Crippen LogP contribution in [0.15, 0.2) is 59.3 Å². The van der Waals surface area contributed by atoms with Gasteiger partial charge in [-0.3, -0.25) is 9.80 Å². The van der Waals surface area contributed by atoms with Crippen LogP contribution in [0.3, 0.4) is 0 Å². The van der Waals surface area contributed by atoms with E-state index in [0.29, 0.717) is 0 Å². The Morgan fingerprint density at radius 3 is 2.53 bits per heavy atom. The molecular formula is C25H29N3O2. The van der Waals surface area contributed by atoms with Crippen LogP contribution in [0.25, 0.3) is 0 Å². The maximum atomic E-state index is 11.8. The number of methoxy groups -OCH3 is 1. The molecular weight excluding hydrogens is 374 g/mol. The Bertz CT molecular complexity index is 1020. The third kappa shape index (κ3) is 3.60. The summed E-state index contributed by atoms with van der Waals surface area (Å²) in [4.78, 5) is 13.9. The molecule has 0 bridgehead atoms. The Kier molecular flexibility index (Phi) is 5.37. The number of hydrogen-bond acceptors (Lipinski definition) is 5. The normalized spacial score (nSPS) is 20.4. The van der Waals surface area contributed by atoms with Crippen molar-refractivity contribution < 1.29 is 9.53 Å². The molecule has 0 saturated carbocycles. The summed E-state index contributed by atoms with van der Waals surface area (Å²) in [5, 5.41) is 7.10. The zero-order valence-corrected chi connectivity index (χ0v) is 18.3. The van der Waals surface area contributed by atoms with Crippen molar-refractivity contribution in [1.29, 1.82) is 0 Å². The SMILES string of the molecule is COc1ccc2c(c1)CCC1C2=NN(C(C)=CC(C)=O)C1c1ccc(N(C)C)cc1. The molecule has 2 aromatic rings. The highest BCUT2D eigenvalue weighted by atomic mass is 16.5. The molecule has 0 spiro atoms. The van der Waals surface area contributed by atoms with Gasteiger partial charge in [-0.25, -0.2) is 0 Å². The molecule has 5 heteroatoms.